The predicted octanol–water partition coefficient (Wildman–Crippen LogP) is 2.33. The number of hydrogen-bond donors (Lipinski definition) is 1. The molecule has 1 saturated heterocycles. The predicted molar refractivity (Wildman–Crippen MR) is 106 cm³/mol. The van der Waals surface area contributed by atoms with Crippen molar-refractivity contribution < 1.29 is 8.42 Å². The van der Waals surface area contributed by atoms with Crippen LogP contribution in [-0.4, -0.2) is 47.1 Å². The van der Waals surface area contributed by atoms with E-state index in [9.17, 15) is 8.42 Å². The first-order valence-electron chi connectivity index (χ1n) is 8.86. The number of nitrogens with one attached hydrogen (secondary N) is 1. The summed E-state index contributed by atoms with van der Waals surface area (Å²) in [6.07, 6.45) is 1.51. The number of halogens is 2. The summed E-state index contributed by atoms with van der Waals surface area (Å²) in [6, 6.07) is 5.03. The summed E-state index contributed by atoms with van der Waals surface area (Å²) in [4.78, 5) is 0.300. The zero-order chi connectivity index (χ0) is 18.3. The van der Waals surface area contributed by atoms with Gasteiger partial charge in [0.25, 0.3) is 0 Å². The first-order chi connectivity index (χ1) is 12.5. The third-order valence-corrected chi connectivity index (χ3v) is 7.76. The number of benzene rings is 1. The van der Waals surface area contributed by atoms with E-state index in [2.05, 4.69) is 20.1 Å². The zero-order valence-electron chi connectivity index (χ0n) is 15.1. The molecule has 0 aliphatic carbocycles. The number of nitrogens with zero attached hydrogens (tertiary/aromatic N) is 4. The quantitative estimate of drug-likeness (QED) is 0.806. The Morgan fingerprint density at radius 1 is 1.19 bits per heavy atom. The smallest absolute Gasteiger partial charge is 0.243 e. The topological polar surface area (TPSA) is 80.1 Å². The molecule has 7 nitrogen and oxygen atoms in total. The molecule has 0 amide bonds. The molecule has 0 unspecified atom stereocenters. The third kappa shape index (κ3) is 3.73. The van der Waals surface area contributed by atoms with E-state index in [1.54, 1.807) is 29.4 Å². The second-order valence-electron chi connectivity index (χ2n) is 6.84. The van der Waals surface area contributed by atoms with E-state index in [0.717, 1.165) is 44.1 Å². The molecule has 0 atom stereocenters. The van der Waals surface area contributed by atoms with E-state index >= 15 is 0 Å². The number of sulfonamides is 1. The van der Waals surface area contributed by atoms with E-state index < -0.39 is 10.0 Å². The van der Waals surface area contributed by atoms with Gasteiger partial charge < -0.3 is 9.88 Å². The van der Waals surface area contributed by atoms with Gasteiger partial charge in [0.05, 0.1) is 11.4 Å². The Hall–Kier alpha value is -1.19. The fourth-order valence-electron chi connectivity index (χ4n) is 3.78. The molecule has 1 fully saturated rings. The van der Waals surface area contributed by atoms with Gasteiger partial charge in [0.2, 0.25) is 10.0 Å². The van der Waals surface area contributed by atoms with Crippen LogP contribution in [0.3, 0.4) is 0 Å². The van der Waals surface area contributed by atoms with Crippen molar-refractivity contribution >= 4 is 34.0 Å². The lowest BCUT2D eigenvalue weighted by atomic mass is 9.97. The summed E-state index contributed by atoms with van der Waals surface area (Å²) in [5, 5.41) is 12.4. The fourth-order valence-corrected chi connectivity index (χ4v) is 5.72. The van der Waals surface area contributed by atoms with Crippen LogP contribution in [0.4, 0.5) is 0 Å². The van der Waals surface area contributed by atoms with Crippen LogP contribution in [-0.2, 0) is 23.1 Å². The number of piperidine rings is 1. The average molecular weight is 432 g/mol. The molecule has 2 aliphatic heterocycles. The summed E-state index contributed by atoms with van der Waals surface area (Å²) in [5.41, 5.74) is 0.607. The highest BCUT2D eigenvalue weighted by atomic mass is 35.5. The first-order valence-corrected chi connectivity index (χ1v) is 10.7. The molecule has 148 valence electrons. The average Bonchev–Trinajstić information content (AvgIpc) is 3.08. The van der Waals surface area contributed by atoms with E-state index in [-0.39, 0.29) is 18.3 Å². The van der Waals surface area contributed by atoms with E-state index in [1.807, 2.05) is 0 Å². The molecule has 3 heterocycles. The fraction of sp³-hybridized carbons (Fsp3) is 0.529. The number of fused-ring (bicyclic) bond motifs is 1. The molecule has 10 heteroatoms. The minimum atomic E-state index is -3.53. The lowest BCUT2D eigenvalue weighted by molar-refractivity contribution is 0.307. The maximum absolute atomic E-state index is 13.0. The molecule has 27 heavy (non-hydrogen) atoms. The van der Waals surface area contributed by atoms with Crippen LogP contribution in [0.15, 0.2) is 23.1 Å². The maximum Gasteiger partial charge on any atom is 0.243 e. The second-order valence-corrected chi connectivity index (χ2v) is 9.16. The van der Waals surface area contributed by atoms with Gasteiger partial charge in [-0.1, -0.05) is 17.7 Å². The van der Waals surface area contributed by atoms with Crippen molar-refractivity contribution in [1.29, 1.82) is 0 Å². The van der Waals surface area contributed by atoms with Crippen molar-refractivity contribution in [3.8, 4) is 0 Å². The van der Waals surface area contributed by atoms with E-state index in [0.29, 0.717) is 28.6 Å². The summed E-state index contributed by atoms with van der Waals surface area (Å²) < 4.78 is 29.8. The van der Waals surface area contributed by atoms with Crippen LogP contribution in [0.25, 0.3) is 0 Å². The van der Waals surface area contributed by atoms with Crippen LogP contribution >= 0.6 is 24.0 Å². The van der Waals surface area contributed by atoms with Crippen LogP contribution in [0.2, 0.25) is 5.02 Å². The summed E-state index contributed by atoms with van der Waals surface area (Å²) in [6.45, 7) is 5.25. The molecular weight excluding hydrogens is 409 g/mol. The van der Waals surface area contributed by atoms with E-state index in [4.69, 9.17) is 11.6 Å². The lowest BCUT2D eigenvalue weighted by Gasteiger charge is -2.31. The van der Waals surface area contributed by atoms with Gasteiger partial charge >= 0.3 is 0 Å². The van der Waals surface area contributed by atoms with Crippen molar-refractivity contribution in [3.05, 3.63) is 40.4 Å². The van der Waals surface area contributed by atoms with Crippen LogP contribution in [0, 0.1) is 6.92 Å². The molecule has 0 saturated carbocycles. The molecule has 0 bridgehead atoms. The van der Waals surface area contributed by atoms with E-state index in [1.165, 1.54) is 0 Å². The molecule has 0 radical (unpaired) electrons. The molecule has 4 rings (SSSR count). The summed E-state index contributed by atoms with van der Waals surface area (Å²) >= 11 is 6.11. The van der Waals surface area contributed by atoms with Crippen molar-refractivity contribution in [2.24, 2.45) is 0 Å². The SMILES string of the molecule is Cc1c(Cl)cccc1S(=O)(=O)N1CCC(c2nnc3n2CCNC3)CC1.Cl. The highest BCUT2D eigenvalue weighted by Crippen LogP contribution is 2.32. The van der Waals surface area contributed by atoms with Gasteiger partial charge in [0.1, 0.15) is 11.6 Å². The Labute approximate surface area is 170 Å². The number of hydrogen-bond acceptors (Lipinski definition) is 5. The molecule has 1 aromatic carbocycles. The minimum absolute atomic E-state index is 0. The second kappa shape index (κ2) is 8.05. The summed E-state index contributed by atoms with van der Waals surface area (Å²) in [5.74, 6) is 2.22. The Bertz CT molecular complexity index is 923. The number of rotatable bonds is 3. The molecule has 1 aromatic heterocycles. The van der Waals surface area contributed by atoms with Crippen molar-refractivity contribution in [2.45, 2.75) is 43.7 Å². The van der Waals surface area contributed by atoms with Gasteiger partial charge in [0.15, 0.2) is 0 Å². The standard InChI is InChI=1S/C17H22ClN5O2S.ClH/c1-12-14(18)3-2-4-15(12)26(24,25)22-8-5-13(6-9-22)17-21-20-16-11-19-7-10-23(16)17;/h2-4,13,19H,5-11H2,1H3;1H. The normalized spacial score (nSPS) is 18.7. The van der Waals surface area contributed by atoms with Gasteiger partial charge in [-0.3, -0.25) is 0 Å². The molecule has 0 spiro atoms. The highest BCUT2D eigenvalue weighted by Gasteiger charge is 2.33. The molecule has 1 N–H and O–H groups in total. The van der Waals surface area contributed by atoms with Crippen LogP contribution in [0.5, 0.6) is 0 Å². The van der Waals surface area contributed by atoms with Gasteiger partial charge in [-0.15, -0.1) is 22.6 Å². The van der Waals surface area contributed by atoms with Gasteiger partial charge in [0, 0.05) is 37.1 Å². The maximum atomic E-state index is 13.0. The van der Waals surface area contributed by atoms with Crippen molar-refractivity contribution in [1.82, 2.24) is 24.4 Å². The molecular formula is C17H23Cl2N5O2S. The van der Waals surface area contributed by atoms with Gasteiger partial charge in [-0.2, -0.15) is 4.31 Å². The largest absolute Gasteiger partial charge is 0.312 e. The Kier molecular flexibility index (Phi) is 6.12. The third-order valence-electron chi connectivity index (χ3n) is 5.31. The minimum Gasteiger partial charge on any atom is -0.312 e. The Morgan fingerprint density at radius 2 is 1.93 bits per heavy atom. The lowest BCUT2D eigenvalue weighted by Crippen LogP contribution is -2.39. The van der Waals surface area contributed by atoms with Crippen LogP contribution < -0.4 is 5.32 Å². The number of aromatic nitrogens is 3. The van der Waals surface area contributed by atoms with Crippen molar-refractivity contribution in [3.63, 3.8) is 0 Å². The van der Waals surface area contributed by atoms with Crippen molar-refractivity contribution in [2.75, 3.05) is 19.6 Å². The Balaban J connectivity index is 0.00000210. The van der Waals surface area contributed by atoms with Gasteiger partial charge in [-0.05, 0) is 37.5 Å². The monoisotopic (exact) mass is 431 g/mol. The first kappa shape index (κ1) is 20.5. The zero-order valence-corrected chi connectivity index (χ0v) is 17.4. The van der Waals surface area contributed by atoms with Crippen LogP contribution in [0.1, 0.15) is 36.0 Å². The summed E-state index contributed by atoms with van der Waals surface area (Å²) in [7, 11) is -3.53. The highest BCUT2D eigenvalue weighted by molar-refractivity contribution is 7.89. The Morgan fingerprint density at radius 3 is 2.67 bits per heavy atom. The molecule has 2 aromatic rings. The molecule has 2 aliphatic rings. The van der Waals surface area contributed by atoms with Gasteiger partial charge in [-0.25, -0.2) is 8.42 Å².